The van der Waals surface area contributed by atoms with E-state index in [0.29, 0.717) is 5.56 Å². The van der Waals surface area contributed by atoms with Gasteiger partial charge in [-0.3, -0.25) is 0 Å². The lowest BCUT2D eigenvalue weighted by atomic mass is 10.1. The molecule has 0 aliphatic carbocycles. The van der Waals surface area contributed by atoms with Gasteiger partial charge in [0.05, 0.1) is 0 Å². The van der Waals surface area contributed by atoms with E-state index in [9.17, 15) is 9.90 Å². The summed E-state index contributed by atoms with van der Waals surface area (Å²) in [5, 5.41) is 18.1. The molecule has 0 saturated carbocycles. The maximum atomic E-state index is 10.7. The van der Waals surface area contributed by atoms with Gasteiger partial charge in [0.25, 0.3) is 0 Å². The highest BCUT2D eigenvalue weighted by molar-refractivity contribution is 5.89. The molecular formula is C21H17NO3. The maximum absolute atomic E-state index is 10.7. The molecule has 25 heavy (non-hydrogen) atoms. The van der Waals surface area contributed by atoms with Crippen LogP contribution < -0.4 is 4.90 Å². The molecule has 0 unspecified atom stereocenters. The Morgan fingerprint density at radius 1 is 0.680 bits per heavy atom. The summed E-state index contributed by atoms with van der Waals surface area (Å²) in [5.41, 5.74) is 3.59. The number of aliphatic hydroxyl groups is 1. The first-order chi connectivity index (χ1) is 12.1. The Balaban J connectivity index is 2.00. The SMILES string of the molecule is O=C(O)/C(O)=C/c1ccc(N(c2ccccc2)c2ccccc2)cc1. The van der Waals surface area contributed by atoms with Gasteiger partial charge in [-0.2, -0.15) is 0 Å². The molecule has 0 bridgehead atoms. The van der Waals surface area contributed by atoms with Crippen molar-refractivity contribution < 1.29 is 15.0 Å². The van der Waals surface area contributed by atoms with Crippen molar-refractivity contribution in [2.45, 2.75) is 0 Å². The van der Waals surface area contributed by atoms with Crippen LogP contribution in [0.15, 0.2) is 90.7 Å². The second kappa shape index (κ2) is 7.36. The van der Waals surface area contributed by atoms with Crippen molar-refractivity contribution in [3.63, 3.8) is 0 Å². The lowest BCUT2D eigenvalue weighted by molar-refractivity contribution is -0.135. The number of anilines is 3. The molecule has 3 aromatic carbocycles. The molecule has 0 radical (unpaired) electrons. The zero-order valence-corrected chi connectivity index (χ0v) is 13.4. The highest BCUT2D eigenvalue weighted by atomic mass is 16.4. The number of carbonyl (C=O) groups is 1. The lowest BCUT2D eigenvalue weighted by Gasteiger charge is -2.25. The van der Waals surface area contributed by atoms with Crippen molar-refractivity contribution in [3.05, 3.63) is 96.3 Å². The second-order valence-electron chi connectivity index (χ2n) is 5.43. The molecule has 0 spiro atoms. The monoisotopic (exact) mass is 331 g/mol. The van der Waals surface area contributed by atoms with Gasteiger partial charge in [0.2, 0.25) is 5.76 Å². The summed E-state index contributed by atoms with van der Waals surface area (Å²) in [4.78, 5) is 12.8. The van der Waals surface area contributed by atoms with E-state index in [1.807, 2.05) is 72.8 Å². The summed E-state index contributed by atoms with van der Waals surface area (Å²) in [6, 6.07) is 27.3. The first kappa shape index (κ1) is 16.3. The number of benzene rings is 3. The smallest absolute Gasteiger partial charge is 0.370 e. The summed E-state index contributed by atoms with van der Waals surface area (Å²) in [7, 11) is 0. The van der Waals surface area contributed by atoms with E-state index in [0.717, 1.165) is 17.1 Å². The quantitative estimate of drug-likeness (QED) is 0.502. The minimum Gasteiger partial charge on any atom is -0.502 e. The van der Waals surface area contributed by atoms with Crippen LogP contribution in [-0.2, 0) is 4.79 Å². The Labute approximate surface area is 145 Å². The van der Waals surface area contributed by atoms with E-state index in [-0.39, 0.29) is 0 Å². The van der Waals surface area contributed by atoms with Crippen molar-refractivity contribution in [2.75, 3.05) is 4.90 Å². The molecule has 0 heterocycles. The highest BCUT2D eigenvalue weighted by Gasteiger charge is 2.11. The molecule has 3 aromatic rings. The number of aliphatic carboxylic acids is 1. The maximum Gasteiger partial charge on any atom is 0.370 e. The number of carboxylic acid groups (broad SMARTS) is 1. The van der Waals surface area contributed by atoms with E-state index < -0.39 is 11.7 Å². The normalized spacial score (nSPS) is 11.1. The Hall–Kier alpha value is -3.53. The number of aliphatic hydroxyl groups excluding tert-OH is 1. The summed E-state index contributed by atoms with van der Waals surface area (Å²) in [6.07, 6.45) is 1.22. The average molecular weight is 331 g/mol. The standard InChI is InChI=1S/C21H17NO3/c23-20(21(24)25)15-16-11-13-19(14-12-16)22(17-7-3-1-4-8-17)18-9-5-2-6-10-18/h1-15,23H,(H,24,25)/b20-15-. The number of para-hydroxylation sites is 2. The second-order valence-corrected chi connectivity index (χ2v) is 5.43. The summed E-state index contributed by atoms with van der Waals surface area (Å²) in [5.74, 6) is -2.03. The Morgan fingerprint density at radius 3 is 1.56 bits per heavy atom. The van der Waals surface area contributed by atoms with Crippen molar-refractivity contribution >= 4 is 29.1 Å². The van der Waals surface area contributed by atoms with Crippen LogP contribution in [0.3, 0.4) is 0 Å². The lowest BCUT2D eigenvalue weighted by Crippen LogP contribution is -2.09. The average Bonchev–Trinajstić information content (AvgIpc) is 2.65. The molecule has 0 saturated heterocycles. The van der Waals surface area contributed by atoms with E-state index in [4.69, 9.17) is 5.11 Å². The van der Waals surface area contributed by atoms with Gasteiger partial charge in [-0.25, -0.2) is 4.79 Å². The Kier molecular flexibility index (Phi) is 4.81. The minimum atomic E-state index is -1.35. The third-order valence-corrected chi connectivity index (χ3v) is 3.70. The van der Waals surface area contributed by atoms with Crippen molar-refractivity contribution in [1.29, 1.82) is 0 Å². The van der Waals surface area contributed by atoms with Gasteiger partial charge in [-0.05, 0) is 48.0 Å². The number of hydrogen-bond donors (Lipinski definition) is 2. The largest absolute Gasteiger partial charge is 0.502 e. The summed E-state index contributed by atoms with van der Waals surface area (Å²) >= 11 is 0. The van der Waals surface area contributed by atoms with Crippen molar-refractivity contribution in [2.24, 2.45) is 0 Å². The van der Waals surface area contributed by atoms with Crippen LogP contribution in [0, 0.1) is 0 Å². The van der Waals surface area contributed by atoms with Crippen LogP contribution in [0.4, 0.5) is 17.1 Å². The third kappa shape index (κ3) is 3.87. The first-order valence-corrected chi connectivity index (χ1v) is 7.79. The van der Waals surface area contributed by atoms with Gasteiger partial charge < -0.3 is 15.1 Å². The zero-order chi connectivity index (χ0) is 17.6. The van der Waals surface area contributed by atoms with Crippen LogP contribution in [0.25, 0.3) is 6.08 Å². The van der Waals surface area contributed by atoms with Gasteiger partial charge in [0.15, 0.2) is 0 Å². The number of hydrogen-bond acceptors (Lipinski definition) is 3. The summed E-state index contributed by atoms with van der Waals surface area (Å²) < 4.78 is 0. The topological polar surface area (TPSA) is 60.8 Å². The van der Waals surface area contributed by atoms with Gasteiger partial charge in [0, 0.05) is 17.1 Å². The Morgan fingerprint density at radius 2 is 1.12 bits per heavy atom. The first-order valence-electron chi connectivity index (χ1n) is 7.79. The van der Waals surface area contributed by atoms with Crippen LogP contribution in [0.1, 0.15) is 5.56 Å². The fraction of sp³-hybridized carbons (Fsp3) is 0. The Bertz CT molecular complexity index is 833. The molecule has 0 aliphatic heterocycles. The van der Waals surface area contributed by atoms with Crippen LogP contribution in [0.2, 0.25) is 0 Å². The molecule has 124 valence electrons. The minimum absolute atomic E-state index is 0.615. The molecule has 0 amide bonds. The molecular weight excluding hydrogens is 314 g/mol. The summed E-state index contributed by atoms with van der Waals surface area (Å²) in [6.45, 7) is 0. The van der Waals surface area contributed by atoms with Gasteiger partial charge >= 0.3 is 5.97 Å². The van der Waals surface area contributed by atoms with Crippen molar-refractivity contribution in [3.8, 4) is 0 Å². The molecule has 0 aromatic heterocycles. The van der Waals surface area contributed by atoms with Crippen LogP contribution >= 0.6 is 0 Å². The highest BCUT2D eigenvalue weighted by Crippen LogP contribution is 2.34. The van der Waals surface area contributed by atoms with E-state index in [2.05, 4.69) is 4.90 Å². The van der Waals surface area contributed by atoms with E-state index in [1.165, 1.54) is 6.08 Å². The van der Waals surface area contributed by atoms with Crippen LogP contribution in [-0.4, -0.2) is 16.2 Å². The molecule has 4 nitrogen and oxygen atoms in total. The third-order valence-electron chi connectivity index (χ3n) is 3.70. The number of rotatable bonds is 5. The van der Waals surface area contributed by atoms with Crippen LogP contribution in [0.5, 0.6) is 0 Å². The molecule has 2 N–H and O–H groups in total. The molecule has 3 rings (SSSR count). The number of nitrogens with zero attached hydrogens (tertiary/aromatic N) is 1. The predicted octanol–water partition coefficient (Wildman–Crippen LogP) is 5.14. The zero-order valence-electron chi connectivity index (χ0n) is 13.4. The van der Waals surface area contributed by atoms with Gasteiger partial charge in [0.1, 0.15) is 0 Å². The fourth-order valence-corrected chi connectivity index (χ4v) is 2.54. The molecule has 0 atom stereocenters. The molecule has 0 fully saturated rings. The molecule has 0 aliphatic rings. The van der Waals surface area contributed by atoms with Gasteiger partial charge in [-0.1, -0.05) is 48.5 Å². The molecule has 4 heteroatoms. The number of carboxylic acids is 1. The van der Waals surface area contributed by atoms with Gasteiger partial charge in [-0.15, -0.1) is 0 Å². The van der Waals surface area contributed by atoms with E-state index in [1.54, 1.807) is 12.1 Å². The van der Waals surface area contributed by atoms with E-state index >= 15 is 0 Å². The van der Waals surface area contributed by atoms with Crippen molar-refractivity contribution in [1.82, 2.24) is 0 Å². The predicted molar refractivity (Wildman–Crippen MR) is 99.4 cm³/mol. The fourth-order valence-electron chi connectivity index (χ4n) is 2.54.